The van der Waals surface area contributed by atoms with E-state index < -0.39 is 5.60 Å². The van der Waals surface area contributed by atoms with Gasteiger partial charge in [-0.25, -0.2) is 4.98 Å². The van der Waals surface area contributed by atoms with Crippen LogP contribution in [0.4, 0.5) is 5.13 Å². The van der Waals surface area contributed by atoms with Crippen molar-refractivity contribution in [1.82, 2.24) is 4.98 Å². The van der Waals surface area contributed by atoms with Gasteiger partial charge >= 0.3 is 0 Å². The minimum absolute atomic E-state index is 0.0101. The smallest absolute Gasteiger partial charge is 0.259 e. The van der Waals surface area contributed by atoms with Gasteiger partial charge in [-0.3, -0.25) is 10.1 Å². The number of hydrogen-bond acceptors (Lipinski definition) is 4. The molecule has 102 valence electrons. The molecule has 0 spiro atoms. The predicted octanol–water partition coefficient (Wildman–Crippen LogP) is 2.68. The number of nitrogens with zero attached hydrogens (tertiary/aromatic N) is 1. The van der Waals surface area contributed by atoms with Crippen LogP contribution >= 0.6 is 11.3 Å². The van der Waals surface area contributed by atoms with Gasteiger partial charge in [0.05, 0.1) is 6.61 Å². The summed E-state index contributed by atoms with van der Waals surface area (Å²) in [5.41, 5.74) is -0.477. The van der Waals surface area contributed by atoms with Crippen LogP contribution in [-0.4, -0.2) is 23.1 Å². The molecule has 1 saturated heterocycles. The van der Waals surface area contributed by atoms with Gasteiger partial charge in [0.25, 0.3) is 5.91 Å². The molecule has 4 bridgehead atoms. The number of ether oxygens (including phenoxy) is 1. The van der Waals surface area contributed by atoms with Gasteiger partial charge in [-0.15, -0.1) is 11.3 Å². The van der Waals surface area contributed by atoms with Crippen molar-refractivity contribution in [2.75, 3.05) is 11.9 Å². The lowest BCUT2D eigenvalue weighted by Gasteiger charge is -2.39. The molecule has 1 amide bonds. The fraction of sp³-hybridized carbons (Fsp3) is 0.714. The lowest BCUT2D eigenvalue weighted by atomic mass is 9.66. The maximum absolute atomic E-state index is 12.8. The molecule has 4 atom stereocenters. The summed E-state index contributed by atoms with van der Waals surface area (Å²) in [5.74, 6) is 0.643. The number of anilines is 1. The molecule has 2 saturated carbocycles. The zero-order valence-electron chi connectivity index (χ0n) is 11.2. The second kappa shape index (κ2) is 3.38. The van der Waals surface area contributed by atoms with Crippen molar-refractivity contribution < 1.29 is 9.53 Å². The van der Waals surface area contributed by atoms with E-state index in [2.05, 4.69) is 24.1 Å². The van der Waals surface area contributed by atoms with Crippen molar-refractivity contribution >= 4 is 22.4 Å². The van der Waals surface area contributed by atoms with E-state index in [-0.39, 0.29) is 16.7 Å². The normalized spacial score (nSPS) is 46.7. The van der Waals surface area contributed by atoms with E-state index in [0.717, 1.165) is 19.4 Å². The molecular formula is C14H18N2O2S. The van der Waals surface area contributed by atoms with Gasteiger partial charge < -0.3 is 4.74 Å². The van der Waals surface area contributed by atoms with Crippen LogP contribution in [0.2, 0.25) is 0 Å². The van der Waals surface area contributed by atoms with Crippen molar-refractivity contribution in [3.8, 4) is 0 Å². The van der Waals surface area contributed by atoms with Crippen LogP contribution in [0.3, 0.4) is 0 Å². The maximum atomic E-state index is 12.8. The third kappa shape index (κ3) is 1.15. The number of nitrogens with one attached hydrogen (secondary N) is 1. The Morgan fingerprint density at radius 1 is 1.58 bits per heavy atom. The average molecular weight is 278 g/mol. The van der Waals surface area contributed by atoms with E-state index in [0.29, 0.717) is 11.0 Å². The quantitative estimate of drug-likeness (QED) is 0.905. The van der Waals surface area contributed by atoms with Crippen LogP contribution in [0.5, 0.6) is 0 Å². The van der Waals surface area contributed by atoms with Gasteiger partial charge in [-0.1, -0.05) is 13.8 Å². The van der Waals surface area contributed by atoms with Crippen LogP contribution in [0, 0.1) is 16.7 Å². The number of amides is 1. The first-order valence-corrected chi connectivity index (χ1v) is 7.75. The predicted molar refractivity (Wildman–Crippen MR) is 73.0 cm³/mol. The van der Waals surface area contributed by atoms with Crippen molar-refractivity contribution in [3.05, 3.63) is 11.6 Å². The van der Waals surface area contributed by atoms with Gasteiger partial charge in [0.2, 0.25) is 0 Å². The topological polar surface area (TPSA) is 51.2 Å². The zero-order chi connectivity index (χ0) is 13.3. The Kier molecular flexibility index (Phi) is 2.11. The lowest BCUT2D eigenvalue weighted by molar-refractivity contribution is -0.149. The Morgan fingerprint density at radius 2 is 2.42 bits per heavy atom. The molecule has 3 aliphatic rings. The van der Waals surface area contributed by atoms with E-state index in [1.807, 2.05) is 5.38 Å². The van der Waals surface area contributed by atoms with E-state index in [1.54, 1.807) is 6.20 Å². The molecule has 4 nitrogen and oxygen atoms in total. The molecule has 19 heavy (non-hydrogen) atoms. The highest BCUT2D eigenvalue weighted by atomic mass is 32.1. The van der Waals surface area contributed by atoms with Crippen molar-refractivity contribution in [2.45, 2.75) is 38.7 Å². The number of thiazole rings is 1. The van der Waals surface area contributed by atoms with Gasteiger partial charge in [0.1, 0.15) is 0 Å². The van der Waals surface area contributed by atoms with E-state index in [9.17, 15) is 4.79 Å². The van der Waals surface area contributed by atoms with E-state index >= 15 is 0 Å². The number of carbonyl (C=O) groups is 1. The number of aromatic nitrogens is 1. The molecule has 2 aliphatic carbocycles. The molecule has 0 aromatic carbocycles. The fourth-order valence-corrected chi connectivity index (χ4v) is 5.26. The summed E-state index contributed by atoms with van der Waals surface area (Å²) in [5, 5.41) is 5.49. The molecule has 4 rings (SSSR count). The van der Waals surface area contributed by atoms with Crippen molar-refractivity contribution in [1.29, 1.82) is 0 Å². The molecule has 1 aromatic rings. The third-order valence-electron chi connectivity index (χ3n) is 6.22. The highest BCUT2D eigenvalue weighted by Gasteiger charge is 2.78. The summed E-state index contributed by atoms with van der Waals surface area (Å²) in [6.07, 6.45) is 4.92. The molecular weight excluding hydrogens is 260 g/mol. The average Bonchev–Trinajstić information content (AvgIpc) is 3.06. The summed E-state index contributed by atoms with van der Waals surface area (Å²) in [6.45, 7) is 5.27. The SMILES string of the molecule is C[C@]12CC[C@@H]3C[C@]1(C(=O)Nc1nccs1)OC[C@@]32C. The summed E-state index contributed by atoms with van der Waals surface area (Å²) >= 11 is 1.45. The highest BCUT2D eigenvalue weighted by molar-refractivity contribution is 7.13. The lowest BCUT2D eigenvalue weighted by Crippen LogP contribution is -2.52. The van der Waals surface area contributed by atoms with Gasteiger partial charge in [0.15, 0.2) is 10.7 Å². The Labute approximate surface area is 116 Å². The van der Waals surface area contributed by atoms with Gasteiger partial charge in [-0.05, 0) is 25.2 Å². The first kappa shape index (κ1) is 11.9. The second-order valence-electron chi connectivity index (χ2n) is 6.60. The summed E-state index contributed by atoms with van der Waals surface area (Å²) in [4.78, 5) is 16.9. The number of rotatable bonds is 2. The molecule has 1 aliphatic heterocycles. The minimum Gasteiger partial charge on any atom is -0.364 e. The van der Waals surface area contributed by atoms with Gasteiger partial charge in [0, 0.05) is 22.4 Å². The minimum atomic E-state index is -0.629. The van der Waals surface area contributed by atoms with E-state index in [4.69, 9.17) is 4.74 Å². The Morgan fingerprint density at radius 3 is 3.05 bits per heavy atom. The highest BCUT2D eigenvalue weighted by Crippen LogP contribution is 2.75. The van der Waals surface area contributed by atoms with Crippen LogP contribution in [-0.2, 0) is 9.53 Å². The maximum Gasteiger partial charge on any atom is 0.259 e. The summed E-state index contributed by atoms with van der Waals surface area (Å²) < 4.78 is 6.05. The summed E-state index contributed by atoms with van der Waals surface area (Å²) in [7, 11) is 0. The second-order valence-corrected chi connectivity index (χ2v) is 7.49. The first-order valence-electron chi connectivity index (χ1n) is 6.87. The van der Waals surface area contributed by atoms with Crippen LogP contribution < -0.4 is 5.32 Å². The Hall–Kier alpha value is -0.940. The largest absolute Gasteiger partial charge is 0.364 e. The third-order valence-corrected chi connectivity index (χ3v) is 6.91. The first-order chi connectivity index (χ1) is 9.02. The standard InChI is InChI=1S/C14H18N2O2S/c1-12-8-18-14(7-9(12)3-4-13(12,14)2)10(17)16-11-15-5-6-19-11/h5-6,9H,3-4,7-8H2,1-2H3,(H,15,16,17)/t9-,12+,13-,14-/m1/s1. The molecule has 0 unspecified atom stereocenters. The molecule has 1 aromatic heterocycles. The Balaban J connectivity index is 1.70. The molecule has 2 heterocycles. The van der Waals surface area contributed by atoms with Crippen molar-refractivity contribution in [3.63, 3.8) is 0 Å². The monoisotopic (exact) mass is 278 g/mol. The molecule has 5 heteroatoms. The Bertz CT molecular complexity index is 546. The zero-order valence-corrected chi connectivity index (χ0v) is 12.0. The van der Waals surface area contributed by atoms with E-state index in [1.165, 1.54) is 17.8 Å². The number of hydrogen-bond donors (Lipinski definition) is 1. The van der Waals surface area contributed by atoms with Crippen LogP contribution in [0.15, 0.2) is 11.6 Å². The van der Waals surface area contributed by atoms with Crippen molar-refractivity contribution in [2.24, 2.45) is 16.7 Å². The van der Waals surface area contributed by atoms with Crippen LogP contribution in [0.1, 0.15) is 33.1 Å². The summed E-state index contributed by atoms with van der Waals surface area (Å²) in [6, 6.07) is 0. The number of carbonyl (C=O) groups excluding carboxylic acids is 1. The van der Waals surface area contributed by atoms with Gasteiger partial charge in [-0.2, -0.15) is 0 Å². The molecule has 0 radical (unpaired) electrons. The molecule has 3 fully saturated rings. The fourth-order valence-electron chi connectivity index (χ4n) is 4.74. The molecule has 1 N–H and O–H groups in total. The van der Waals surface area contributed by atoms with Crippen LogP contribution in [0.25, 0.3) is 0 Å².